The second-order valence-electron chi connectivity index (χ2n) is 4.05. The lowest BCUT2D eigenvalue weighted by Crippen LogP contribution is -2.15. The monoisotopic (exact) mass is 290 g/mol. The summed E-state index contributed by atoms with van der Waals surface area (Å²) < 4.78 is 13.6. The molecule has 0 saturated heterocycles. The van der Waals surface area contributed by atoms with Crippen LogP contribution in [0.3, 0.4) is 0 Å². The summed E-state index contributed by atoms with van der Waals surface area (Å²) in [5, 5.41) is 16.0. The fourth-order valence-corrected chi connectivity index (χ4v) is 1.72. The number of rotatable bonds is 4. The SMILES string of the molecule is CNc1cc(C(=O)Nc2cccnc2)c([N+](=O)[O-])cc1F. The summed E-state index contributed by atoms with van der Waals surface area (Å²) in [6.07, 6.45) is 2.92. The van der Waals surface area contributed by atoms with E-state index in [4.69, 9.17) is 0 Å². The first-order valence-corrected chi connectivity index (χ1v) is 5.90. The third-order valence-corrected chi connectivity index (χ3v) is 2.72. The van der Waals surface area contributed by atoms with Crippen molar-refractivity contribution in [2.45, 2.75) is 0 Å². The molecule has 7 nitrogen and oxygen atoms in total. The van der Waals surface area contributed by atoms with E-state index in [0.29, 0.717) is 11.8 Å². The Morgan fingerprint density at radius 2 is 2.19 bits per heavy atom. The number of carbonyl (C=O) groups excluding carboxylic acids is 1. The second-order valence-corrected chi connectivity index (χ2v) is 4.05. The van der Waals surface area contributed by atoms with Crippen LogP contribution in [0.25, 0.3) is 0 Å². The van der Waals surface area contributed by atoms with Crippen LogP contribution >= 0.6 is 0 Å². The first-order valence-electron chi connectivity index (χ1n) is 5.90. The smallest absolute Gasteiger partial charge is 0.285 e. The minimum atomic E-state index is -0.805. The summed E-state index contributed by atoms with van der Waals surface area (Å²) >= 11 is 0. The number of nitro benzene ring substituents is 1. The zero-order chi connectivity index (χ0) is 15.4. The first kappa shape index (κ1) is 14.4. The molecule has 0 aliphatic heterocycles. The Morgan fingerprint density at radius 1 is 1.43 bits per heavy atom. The molecule has 1 aromatic heterocycles. The van der Waals surface area contributed by atoms with Gasteiger partial charge in [-0.3, -0.25) is 19.9 Å². The molecular weight excluding hydrogens is 279 g/mol. The Morgan fingerprint density at radius 3 is 2.76 bits per heavy atom. The fraction of sp³-hybridized carbons (Fsp3) is 0.0769. The van der Waals surface area contributed by atoms with Crippen molar-refractivity contribution in [1.82, 2.24) is 4.98 Å². The number of nitro groups is 1. The minimum Gasteiger partial charge on any atom is -0.386 e. The summed E-state index contributed by atoms with van der Waals surface area (Å²) in [6, 6.07) is 5.00. The van der Waals surface area contributed by atoms with Gasteiger partial charge < -0.3 is 10.6 Å². The molecule has 0 unspecified atom stereocenters. The largest absolute Gasteiger partial charge is 0.386 e. The summed E-state index contributed by atoms with van der Waals surface area (Å²) in [7, 11) is 1.45. The van der Waals surface area contributed by atoms with Gasteiger partial charge in [-0.15, -0.1) is 0 Å². The number of aromatic nitrogens is 1. The maximum atomic E-state index is 13.6. The van der Waals surface area contributed by atoms with Crippen LogP contribution in [0.1, 0.15) is 10.4 Å². The number of amides is 1. The zero-order valence-corrected chi connectivity index (χ0v) is 11.0. The molecule has 2 N–H and O–H groups in total. The van der Waals surface area contributed by atoms with Crippen molar-refractivity contribution in [3.63, 3.8) is 0 Å². The van der Waals surface area contributed by atoms with E-state index in [-0.39, 0.29) is 11.3 Å². The standard InChI is InChI=1S/C13H11FN4O3/c1-15-11-5-9(12(18(20)21)6-10(11)14)13(19)17-8-3-2-4-16-7-8/h2-7,15H,1H3,(H,17,19). The molecule has 1 amide bonds. The van der Waals surface area contributed by atoms with Crippen LogP contribution in [0.2, 0.25) is 0 Å². The molecule has 0 aliphatic rings. The van der Waals surface area contributed by atoms with E-state index in [0.717, 1.165) is 6.07 Å². The quantitative estimate of drug-likeness (QED) is 0.665. The number of hydrogen-bond donors (Lipinski definition) is 2. The number of benzene rings is 1. The lowest BCUT2D eigenvalue weighted by Gasteiger charge is -2.08. The molecule has 0 fully saturated rings. The van der Waals surface area contributed by atoms with E-state index in [9.17, 15) is 19.3 Å². The highest BCUT2D eigenvalue weighted by molar-refractivity contribution is 6.07. The van der Waals surface area contributed by atoms with Gasteiger partial charge in [0.15, 0.2) is 5.82 Å². The van der Waals surface area contributed by atoms with Crippen molar-refractivity contribution < 1.29 is 14.1 Å². The molecule has 2 aromatic rings. The molecule has 8 heteroatoms. The Balaban J connectivity index is 2.41. The maximum absolute atomic E-state index is 13.6. The molecule has 21 heavy (non-hydrogen) atoms. The lowest BCUT2D eigenvalue weighted by atomic mass is 10.1. The summed E-state index contributed by atoms with van der Waals surface area (Å²) in [5.74, 6) is -1.52. The van der Waals surface area contributed by atoms with Crippen molar-refractivity contribution in [2.24, 2.45) is 0 Å². The number of nitrogens with one attached hydrogen (secondary N) is 2. The molecule has 0 atom stereocenters. The van der Waals surface area contributed by atoms with Crippen molar-refractivity contribution >= 4 is 23.0 Å². The summed E-state index contributed by atoms with van der Waals surface area (Å²) in [4.78, 5) is 26.1. The van der Waals surface area contributed by atoms with Gasteiger partial charge in [-0.1, -0.05) is 0 Å². The van der Waals surface area contributed by atoms with Gasteiger partial charge in [0.2, 0.25) is 0 Å². The van der Waals surface area contributed by atoms with Crippen LogP contribution in [-0.4, -0.2) is 22.9 Å². The Bertz CT molecular complexity index is 691. The van der Waals surface area contributed by atoms with Gasteiger partial charge in [0, 0.05) is 13.2 Å². The maximum Gasteiger partial charge on any atom is 0.285 e. The molecule has 0 radical (unpaired) electrons. The lowest BCUT2D eigenvalue weighted by molar-refractivity contribution is -0.385. The molecular formula is C13H11FN4O3. The Hall–Kier alpha value is -3.03. The highest BCUT2D eigenvalue weighted by Crippen LogP contribution is 2.26. The third-order valence-electron chi connectivity index (χ3n) is 2.72. The number of hydrogen-bond acceptors (Lipinski definition) is 5. The molecule has 0 spiro atoms. The van der Waals surface area contributed by atoms with Gasteiger partial charge in [0.25, 0.3) is 11.6 Å². The van der Waals surface area contributed by atoms with Crippen LogP contribution < -0.4 is 10.6 Å². The van der Waals surface area contributed by atoms with Gasteiger partial charge >= 0.3 is 0 Å². The second kappa shape index (κ2) is 5.95. The number of pyridine rings is 1. The van der Waals surface area contributed by atoms with Crippen LogP contribution in [0, 0.1) is 15.9 Å². The predicted octanol–water partition coefficient (Wildman–Crippen LogP) is 2.42. The van der Waals surface area contributed by atoms with Gasteiger partial charge in [0.1, 0.15) is 5.56 Å². The van der Waals surface area contributed by atoms with Gasteiger partial charge in [-0.2, -0.15) is 0 Å². The highest BCUT2D eigenvalue weighted by Gasteiger charge is 2.23. The van der Waals surface area contributed by atoms with Crippen LogP contribution in [0.15, 0.2) is 36.7 Å². The van der Waals surface area contributed by atoms with Crippen molar-refractivity contribution in [3.8, 4) is 0 Å². The topological polar surface area (TPSA) is 97.2 Å². The first-order chi connectivity index (χ1) is 10.0. The average Bonchev–Trinajstić information content (AvgIpc) is 2.47. The number of halogens is 1. The normalized spacial score (nSPS) is 10.0. The zero-order valence-electron chi connectivity index (χ0n) is 11.0. The number of nitrogens with zero attached hydrogens (tertiary/aromatic N) is 2. The van der Waals surface area contributed by atoms with Crippen LogP contribution in [-0.2, 0) is 0 Å². The number of anilines is 2. The van der Waals surface area contributed by atoms with Crippen LogP contribution in [0.5, 0.6) is 0 Å². The summed E-state index contributed by atoms with van der Waals surface area (Å²) in [6.45, 7) is 0. The van der Waals surface area contributed by atoms with E-state index in [1.807, 2.05) is 0 Å². The molecule has 108 valence electrons. The highest BCUT2D eigenvalue weighted by atomic mass is 19.1. The van der Waals surface area contributed by atoms with Gasteiger partial charge in [0.05, 0.1) is 28.6 Å². The van der Waals surface area contributed by atoms with Gasteiger partial charge in [-0.25, -0.2) is 4.39 Å². The fourth-order valence-electron chi connectivity index (χ4n) is 1.72. The average molecular weight is 290 g/mol. The molecule has 0 bridgehead atoms. The molecule has 0 aliphatic carbocycles. The van der Waals surface area contributed by atoms with E-state index >= 15 is 0 Å². The van der Waals surface area contributed by atoms with E-state index in [1.165, 1.54) is 19.4 Å². The van der Waals surface area contributed by atoms with Crippen molar-refractivity contribution in [3.05, 3.63) is 58.2 Å². The van der Waals surface area contributed by atoms with E-state index in [1.54, 1.807) is 12.1 Å². The minimum absolute atomic E-state index is 0.00284. The summed E-state index contributed by atoms with van der Waals surface area (Å²) in [5.41, 5.74) is -0.466. The van der Waals surface area contributed by atoms with E-state index in [2.05, 4.69) is 15.6 Å². The molecule has 1 heterocycles. The van der Waals surface area contributed by atoms with Crippen molar-refractivity contribution in [1.29, 1.82) is 0 Å². The van der Waals surface area contributed by atoms with Crippen LogP contribution in [0.4, 0.5) is 21.5 Å². The van der Waals surface area contributed by atoms with E-state index < -0.39 is 22.3 Å². The molecule has 1 aromatic carbocycles. The number of carbonyl (C=O) groups is 1. The Labute approximate surface area is 119 Å². The molecule has 0 saturated carbocycles. The Kier molecular flexibility index (Phi) is 4.07. The molecule has 2 rings (SSSR count). The van der Waals surface area contributed by atoms with Crippen molar-refractivity contribution in [2.75, 3.05) is 17.7 Å². The predicted molar refractivity (Wildman–Crippen MR) is 74.8 cm³/mol. The third kappa shape index (κ3) is 3.11. The van der Waals surface area contributed by atoms with Gasteiger partial charge in [-0.05, 0) is 18.2 Å².